The Morgan fingerprint density at radius 1 is 1.11 bits per heavy atom. The number of fused-ring (bicyclic) bond motifs is 1. The van der Waals surface area contributed by atoms with Crippen LogP contribution in [0.5, 0.6) is 17.2 Å². The van der Waals surface area contributed by atoms with Gasteiger partial charge in [-0.25, -0.2) is 8.42 Å². The second-order valence-electron chi connectivity index (χ2n) is 7.55. The fourth-order valence-electron chi connectivity index (χ4n) is 3.17. The predicted molar refractivity (Wildman–Crippen MR) is 140 cm³/mol. The molecular weight excluding hydrogens is 528 g/mol. The number of nitrogens with zero attached hydrogens (tertiary/aromatic N) is 3. The third kappa shape index (κ3) is 5.72. The molecule has 0 atom stereocenters. The van der Waals surface area contributed by atoms with Crippen molar-refractivity contribution in [2.24, 2.45) is 10.1 Å². The van der Waals surface area contributed by atoms with Crippen LogP contribution < -0.4 is 14.2 Å². The number of hydrogen-bond acceptors (Lipinski definition) is 9. The molecule has 0 unspecified atom stereocenters. The molecule has 0 fully saturated rings. The summed E-state index contributed by atoms with van der Waals surface area (Å²) >= 11 is 6.81. The number of aliphatic imine (C=N–C) groups is 1. The van der Waals surface area contributed by atoms with Crippen LogP contribution in [-0.2, 0) is 14.6 Å². The molecule has 1 N–H and O–H groups in total. The van der Waals surface area contributed by atoms with Crippen molar-refractivity contribution in [2.45, 2.75) is 6.42 Å². The van der Waals surface area contributed by atoms with Crippen molar-refractivity contribution in [1.29, 1.82) is 5.41 Å². The molecule has 0 saturated carbocycles. The second kappa shape index (κ2) is 10.7. The number of amides is 1. The molecule has 2 heterocycles. The molecule has 2 aliphatic rings. The van der Waals surface area contributed by atoms with Crippen LogP contribution in [0.2, 0.25) is 5.02 Å². The van der Waals surface area contributed by atoms with Gasteiger partial charge in [-0.2, -0.15) is 10.0 Å². The Balaban J connectivity index is 1.42. The van der Waals surface area contributed by atoms with Gasteiger partial charge in [-0.05, 0) is 47.7 Å². The number of thioether (sulfide) groups is 1. The Bertz CT molecular complexity index is 1420. The smallest absolute Gasteiger partial charge is 0.283 e. The molecule has 0 bridgehead atoms. The van der Waals surface area contributed by atoms with E-state index in [0.717, 1.165) is 23.0 Å². The molecule has 1 amide bonds. The number of amidine groups is 2. The molecule has 0 aliphatic carbocycles. The monoisotopic (exact) mass is 548 g/mol. The van der Waals surface area contributed by atoms with Gasteiger partial charge in [0.15, 0.2) is 17.3 Å². The highest BCUT2D eigenvalue weighted by atomic mass is 35.5. The summed E-state index contributed by atoms with van der Waals surface area (Å²) < 4.78 is 40.2. The molecule has 4 rings (SSSR count). The van der Waals surface area contributed by atoms with Crippen LogP contribution in [0.3, 0.4) is 0 Å². The zero-order valence-corrected chi connectivity index (χ0v) is 21.6. The first-order valence-electron chi connectivity index (χ1n) is 10.6. The van der Waals surface area contributed by atoms with E-state index in [4.69, 9.17) is 31.2 Å². The number of ether oxygens (including phenoxy) is 3. The number of hydrazone groups is 1. The largest absolute Gasteiger partial charge is 0.493 e. The van der Waals surface area contributed by atoms with Crippen molar-refractivity contribution < 1.29 is 27.4 Å². The van der Waals surface area contributed by atoms with E-state index >= 15 is 0 Å². The number of rotatable bonds is 8. The van der Waals surface area contributed by atoms with Crippen LogP contribution in [0.15, 0.2) is 58.1 Å². The minimum Gasteiger partial charge on any atom is -0.493 e. The average molecular weight is 549 g/mol. The van der Waals surface area contributed by atoms with Gasteiger partial charge in [0.25, 0.3) is 5.91 Å². The number of halogens is 1. The molecule has 0 aromatic heterocycles. The first-order valence-corrected chi connectivity index (χ1v) is 13.6. The fraction of sp³-hybridized carbons (Fsp3) is 0.217. The van der Waals surface area contributed by atoms with Gasteiger partial charge >= 0.3 is 0 Å². The Morgan fingerprint density at radius 3 is 2.53 bits per heavy atom. The third-order valence-electron chi connectivity index (χ3n) is 4.89. The van der Waals surface area contributed by atoms with Crippen molar-refractivity contribution >= 4 is 60.6 Å². The standard InChI is InChI=1S/C23H21ClN4O6S2/c1-32-19-13-14(8-9-18(19)34-11-5-10-33-17-7-4-3-6-16(17)24)12-15-20(25)28-22(26-21(15)29)35-23(27-28)36(2,30)31/h3-4,6-9,12-13,25H,5,10-11H2,1-2H3/b15-12-,25-20?. The van der Waals surface area contributed by atoms with Crippen molar-refractivity contribution in [1.82, 2.24) is 5.01 Å². The molecule has 0 spiro atoms. The number of sulfone groups is 1. The zero-order chi connectivity index (χ0) is 25.9. The van der Waals surface area contributed by atoms with Crippen LogP contribution in [0, 0.1) is 5.41 Å². The molecule has 13 heteroatoms. The van der Waals surface area contributed by atoms with Crippen molar-refractivity contribution in [3.05, 3.63) is 58.6 Å². The number of carbonyl (C=O) groups is 1. The van der Waals surface area contributed by atoms with E-state index in [-0.39, 0.29) is 21.0 Å². The van der Waals surface area contributed by atoms with E-state index in [1.54, 1.807) is 30.3 Å². The molecule has 0 radical (unpaired) electrons. The Morgan fingerprint density at radius 2 is 1.83 bits per heavy atom. The van der Waals surface area contributed by atoms with E-state index in [1.165, 1.54) is 13.2 Å². The SMILES string of the molecule is COc1cc(/C=C2/C(=N)N3N=C(S(C)(=O)=O)SC3=NC2=O)ccc1OCCCOc1ccccc1Cl. The summed E-state index contributed by atoms with van der Waals surface area (Å²) in [5, 5.41) is 13.9. The van der Waals surface area contributed by atoms with Crippen molar-refractivity contribution in [3.63, 3.8) is 0 Å². The topological polar surface area (TPSA) is 131 Å². The highest BCUT2D eigenvalue weighted by Crippen LogP contribution is 2.32. The summed E-state index contributed by atoms with van der Waals surface area (Å²) in [6, 6.07) is 12.3. The Kier molecular flexibility index (Phi) is 7.67. The van der Waals surface area contributed by atoms with E-state index in [1.807, 2.05) is 12.1 Å². The summed E-state index contributed by atoms with van der Waals surface area (Å²) in [4.78, 5) is 16.4. The molecule has 36 heavy (non-hydrogen) atoms. The zero-order valence-electron chi connectivity index (χ0n) is 19.2. The van der Waals surface area contributed by atoms with Gasteiger partial charge < -0.3 is 14.2 Å². The van der Waals surface area contributed by atoms with Crippen LogP contribution in [0.25, 0.3) is 6.08 Å². The lowest BCUT2D eigenvalue weighted by Crippen LogP contribution is -2.35. The van der Waals surface area contributed by atoms with Crippen LogP contribution in [0.4, 0.5) is 0 Å². The maximum Gasteiger partial charge on any atom is 0.283 e. The fourth-order valence-corrected chi connectivity index (χ4v) is 5.04. The Hall–Kier alpha value is -3.35. The maximum absolute atomic E-state index is 12.5. The summed E-state index contributed by atoms with van der Waals surface area (Å²) in [5.74, 6) is 0.611. The van der Waals surface area contributed by atoms with E-state index < -0.39 is 15.7 Å². The molecule has 10 nitrogen and oxygen atoms in total. The lowest BCUT2D eigenvalue weighted by molar-refractivity contribution is -0.114. The van der Waals surface area contributed by atoms with Gasteiger partial charge in [0.05, 0.1) is 30.9 Å². The Labute approximate surface area is 217 Å². The molecular formula is C23H21ClN4O6S2. The minimum atomic E-state index is -3.60. The highest BCUT2D eigenvalue weighted by Gasteiger charge is 2.38. The number of carbonyl (C=O) groups excluding carboxylic acids is 1. The maximum atomic E-state index is 12.5. The first kappa shape index (κ1) is 25.7. The number of nitrogens with one attached hydrogen (secondary N) is 1. The predicted octanol–water partition coefficient (Wildman–Crippen LogP) is 3.82. The summed E-state index contributed by atoms with van der Waals surface area (Å²) in [5.41, 5.74) is 0.525. The van der Waals surface area contributed by atoms with Crippen LogP contribution in [0.1, 0.15) is 12.0 Å². The highest BCUT2D eigenvalue weighted by molar-refractivity contribution is 8.42. The number of benzene rings is 2. The van der Waals surface area contributed by atoms with Gasteiger partial charge in [-0.15, -0.1) is 5.10 Å². The molecule has 188 valence electrons. The van der Waals surface area contributed by atoms with E-state index in [0.29, 0.717) is 47.5 Å². The molecule has 2 aromatic carbocycles. The average Bonchev–Trinajstić information content (AvgIpc) is 3.28. The van der Waals surface area contributed by atoms with Gasteiger partial charge in [0, 0.05) is 12.7 Å². The molecule has 2 aromatic rings. The van der Waals surface area contributed by atoms with Crippen LogP contribution >= 0.6 is 23.4 Å². The second-order valence-corrected chi connectivity index (χ2v) is 11.1. The normalized spacial score (nSPS) is 16.5. The lowest BCUT2D eigenvalue weighted by atomic mass is 10.1. The summed E-state index contributed by atoms with van der Waals surface area (Å²) in [6.45, 7) is 0.788. The van der Waals surface area contributed by atoms with Gasteiger partial charge in [0.1, 0.15) is 5.75 Å². The minimum absolute atomic E-state index is 0.0300. The van der Waals surface area contributed by atoms with Crippen LogP contribution in [-0.4, -0.2) is 61.3 Å². The molecule has 0 saturated heterocycles. The quantitative estimate of drug-likeness (QED) is 0.389. The van der Waals surface area contributed by atoms with E-state index in [2.05, 4.69) is 10.1 Å². The van der Waals surface area contributed by atoms with E-state index in [9.17, 15) is 13.2 Å². The van der Waals surface area contributed by atoms with Gasteiger partial charge in [-0.1, -0.05) is 29.8 Å². The molecule has 2 aliphatic heterocycles. The first-order chi connectivity index (χ1) is 17.2. The summed E-state index contributed by atoms with van der Waals surface area (Å²) in [6.07, 6.45) is 3.07. The van der Waals surface area contributed by atoms with Gasteiger partial charge in [-0.3, -0.25) is 10.2 Å². The summed E-state index contributed by atoms with van der Waals surface area (Å²) in [7, 11) is -2.11. The van der Waals surface area contributed by atoms with Gasteiger partial charge in [0.2, 0.25) is 19.4 Å². The van der Waals surface area contributed by atoms with Crippen molar-refractivity contribution in [2.75, 3.05) is 26.6 Å². The number of hydrogen-bond donors (Lipinski definition) is 1. The number of para-hydroxylation sites is 1. The number of methoxy groups -OCH3 is 1. The van der Waals surface area contributed by atoms with Crippen molar-refractivity contribution in [3.8, 4) is 17.2 Å². The lowest BCUT2D eigenvalue weighted by Gasteiger charge is -2.20. The third-order valence-corrected chi connectivity index (χ3v) is 7.78.